The third-order valence-electron chi connectivity index (χ3n) is 7.23. The molecule has 0 aliphatic heterocycles. The predicted molar refractivity (Wildman–Crippen MR) is 155 cm³/mol. The van der Waals surface area contributed by atoms with Gasteiger partial charge in [0.2, 0.25) is 11.8 Å². The lowest BCUT2D eigenvalue weighted by Gasteiger charge is -2.22. The second-order valence-electron chi connectivity index (χ2n) is 10.6. The van der Waals surface area contributed by atoms with Gasteiger partial charge in [0.05, 0.1) is 0 Å². The number of aromatic hydroxyl groups is 1. The Bertz CT molecular complexity index is 1120. The van der Waals surface area contributed by atoms with Gasteiger partial charge >= 0.3 is 12.0 Å². The van der Waals surface area contributed by atoms with Crippen LogP contribution in [-0.4, -0.2) is 58.7 Å². The van der Waals surface area contributed by atoms with Gasteiger partial charge in [0.15, 0.2) is 0 Å². The standard InChI is InChI=1S/C31H42N4O6/c36-25-17-15-23(16-18-25)21-27(30(39)40)35-29(38)26(20-22-10-4-1-5-11-22)34-28(37)14-8-3-9-19-32-31(41)33-24-12-6-2-7-13-24/h1,4-5,10-11,15-18,24,26-27,36H,2-3,6-9,12-14,19-21H2,(H,34,37)(H,35,38)(H,39,40)(H2,32,33,41)/t26-,27-/m0/s1. The van der Waals surface area contributed by atoms with Crippen LogP contribution >= 0.6 is 0 Å². The van der Waals surface area contributed by atoms with E-state index in [1.807, 2.05) is 30.3 Å². The first-order chi connectivity index (χ1) is 19.8. The minimum Gasteiger partial charge on any atom is -0.508 e. The first kappa shape index (κ1) is 31.4. The third kappa shape index (κ3) is 11.9. The second kappa shape index (κ2) is 16.9. The van der Waals surface area contributed by atoms with Gasteiger partial charge in [-0.2, -0.15) is 0 Å². The van der Waals surface area contributed by atoms with Crippen molar-refractivity contribution in [1.82, 2.24) is 21.3 Å². The van der Waals surface area contributed by atoms with Gasteiger partial charge in [0.1, 0.15) is 17.8 Å². The topological polar surface area (TPSA) is 157 Å². The number of carboxylic acids is 1. The van der Waals surface area contributed by atoms with Crippen molar-refractivity contribution in [3.8, 4) is 5.75 Å². The first-order valence-electron chi connectivity index (χ1n) is 14.5. The summed E-state index contributed by atoms with van der Waals surface area (Å²) in [6.45, 7) is 0.525. The largest absolute Gasteiger partial charge is 0.508 e. The van der Waals surface area contributed by atoms with Gasteiger partial charge in [-0.15, -0.1) is 0 Å². The summed E-state index contributed by atoms with van der Waals surface area (Å²) < 4.78 is 0. The van der Waals surface area contributed by atoms with Crippen LogP contribution in [0, 0.1) is 0 Å². The fraction of sp³-hybridized carbons (Fsp3) is 0.484. The van der Waals surface area contributed by atoms with E-state index in [2.05, 4.69) is 21.3 Å². The molecule has 1 saturated carbocycles. The molecule has 10 nitrogen and oxygen atoms in total. The summed E-state index contributed by atoms with van der Waals surface area (Å²) in [7, 11) is 0. The molecule has 2 aromatic carbocycles. The molecular formula is C31H42N4O6. The van der Waals surface area contributed by atoms with Gasteiger partial charge in [0.25, 0.3) is 0 Å². The molecule has 3 rings (SSSR count). The zero-order valence-electron chi connectivity index (χ0n) is 23.4. The van der Waals surface area contributed by atoms with E-state index in [1.165, 1.54) is 18.6 Å². The van der Waals surface area contributed by atoms with Gasteiger partial charge in [-0.3, -0.25) is 9.59 Å². The number of benzene rings is 2. The van der Waals surface area contributed by atoms with Crippen LogP contribution in [0.4, 0.5) is 4.79 Å². The molecule has 0 bridgehead atoms. The number of hydrogen-bond donors (Lipinski definition) is 6. The monoisotopic (exact) mass is 566 g/mol. The number of carbonyl (C=O) groups excluding carboxylic acids is 3. The molecule has 0 saturated heterocycles. The normalized spacial score (nSPS) is 14.8. The summed E-state index contributed by atoms with van der Waals surface area (Å²) in [6, 6.07) is 13.3. The van der Waals surface area contributed by atoms with Crippen LogP contribution in [0.3, 0.4) is 0 Å². The first-order valence-corrected chi connectivity index (χ1v) is 14.5. The van der Waals surface area contributed by atoms with Crippen LogP contribution < -0.4 is 21.3 Å². The fourth-order valence-electron chi connectivity index (χ4n) is 4.94. The second-order valence-corrected chi connectivity index (χ2v) is 10.6. The van der Waals surface area contributed by atoms with Crippen molar-refractivity contribution in [2.75, 3.05) is 6.54 Å². The average Bonchev–Trinajstić information content (AvgIpc) is 2.96. The van der Waals surface area contributed by atoms with E-state index >= 15 is 0 Å². The third-order valence-corrected chi connectivity index (χ3v) is 7.23. The number of carboxylic acid groups (broad SMARTS) is 1. The summed E-state index contributed by atoms with van der Waals surface area (Å²) in [5, 5.41) is 30.4. The fourth-order valence-corrected chi connectivity index (χ4v) is 4.94. The Hall–Kier alpha value is -4.08. The van der Waals surface area contributed by atoms with E-state index < -0.39 is 24.0 Å². The van der Waals surface area contributed by atoms with Crippen molar-refractivity contribution in [3.05, 3.63) is 65.7 Å². The minimum absolute atomic E-state index is 0.0278. The van der Waals surface area contributed by atoms with E-state index in [0.717, 1.165) is 44.1 Å². The molecule has 10 heteroatoms. The number of aliphatic carboxylic acids is 1. The molecule has 2 aromatic rings. The molecule has 1 aliphatic rings. The molecular weight excluding hydrogens is 524 g/mol. The molecule has 4 amide bonds. The SMILES string of the molecule is O=C(CCCCCNC(=O)NC1CCCCC1)N[C@@H](Cc1ccccc1)C(=O)N[C@@H](Cc1ccc(O)cc1)C(=O)O. The number of urea groups is 1. The number of nitrogens with one attached hydrogen (secondary N) is 4. The van der Waals surface area contributed by atoms with Crippen molar-refractivity contribution in [3.63, 3.8) is 0 Å². The molecule has 0 aromatic heterocycles. The molecule has 0 heterocycles. The Morgan fingerprint density at radius 2 is 1.44 bits per heavy atom. The summed E-state index contributed by atoms with van der Waals surface area (Å²) in [5.74, 6) is -2.01. The van der Waals surface area contributed by atoms with Crippen molar-refractivity contribution in [2.45, 2.75) is 88.8 Å². The van der Waals surface area contributed by atoms with Crippen molar-refractivity contribution in [2.24, 2.45) is 0 Å². The molecule has 1 fully saturated rings. The van der Waals surface area contributed by atoms with Gasteiger partial charge < -0.3 is 31.5 Å². The molecule has 6 N–H and O–H groups in total. The highest BCUT2D eigenvalue weighted by molar-refractivity contribution is 5.90. The average molecular weight is 567 g/mol. The predicted octanol–water partition coefficient (Wildman–Crippen LogP) is 3.42. The maximum absolute atomic E-state index is 13.2. The van der Waals surface area contributed by atoms with Crippen molar-refractivity contribution >= 4 is 23.8 Å². The highest BCUT2D eigenvalue weighted by Crippen LogP contribution is 2.17. The van der Waals surface area contributed by atoms with E-state index in [0.29, 0.717) is 18.5 Å². The van der Waals surface area contributed by atoms with E-state index in [1.54, 1.807) is 12.1 Å². The number of phenolic OH excluding ortho intramolecular Hbond substituents is 1. The highest BCUT2D eigenvalue weighted by Gasteiger charge is 2.27. The van der Waals surface area contributed by atoms with E-state index in [-0.39, 0.29) is 43.0 Å². The van der Waals surface area contributed by atoms with Crippen LogP contribution in [0.2, 0.25) is 0 Å². The van der Waals surface area contributed by atoms with Gasteiger partial charge in [-0.05, 0) is 48.9 Å². The lowest BCUT2D eigenvalue weighted by Crippen LogP contribution is -2.53. The maximum atomic E-state index is 13.2. The number of hydrogen-bond acceptors (Lipinski definition) is 5. The number of rotatable bonds is 15. The Balaban J connectivity index is 1.46. The molecule has 2 atom stereocenters. The van der Waals surface area contributed by atoms with Gasteiger partial charge in [-0.1, -0.05) is 68.1 Å². The molecule has 1 aliphatic carbocycles. The van der Waals surface area contributed by atoms with Crippen molar-refractivity contribution in [1.29, 1.82) is 0 Å². The van der Waals surface area contributed by atoms with Crippen LogP contribution in [0.25, 0.3) is 0 Å². The van der Waals surface area contributed by atoms with Gasteiger partial charge in [0, 0.05) is 31.8 Å². The summed E-state index contributed by atoms with van der Waals surface area (Å²) in [6.07, 6.45) is 8.11. The molecule has 0 spiro atoms. The Morgan fingerprint density at radius 3 is 2.12 bits per heavy atom. The summed E-state index contributed by atoms with van der Waals surface area (Å²) in [5.41, 5.74) is 1.47. The number of phenols is 1. The number of unbranched alkanes of at least 4 members (excludes halogenated alkanes) is 2. The maximum Gasteiger partial charge on any atom is 0.326 e. The summed E-state index contributed by atoms with van der Waals surface area (Å²) in [4.78, 5) is 49.9. The molecule has 0 radical (unpaired) electrons. The van der Waals surface area contributed by atoms with Crippen molar-refractivity contribution < 1.29 is 29.4 Å². The molecule has 0 unspecified atom stereocenters. The highest BCUT2D eigenvalue weighted by atomic mass is 16.4. The lowest BCUT2D eigenvalue weighted by atomic mass is 9.96. The smallest absolute Gasteiger partial charge is 0.326 e. The Morgan fingerprint density at radius 1 is 0.780 bits per heavy atom. The van der Waals surface area contributed by atoms with Crippen LogP contribution in [0.5, 0.6) is 5.75 Å². The quantitative estimate of drug-likeness (QED) is 0.181. The molecule has 222 valence electrons. The zero-order valence-corrected chi connectivity index (χ0v) is 23.4. The molecule has 41 heavy (non-hydrogen) atoms. The zero-order chi connectivity index (χ0) is 29.5. The number of amides is 4. The minimum atomic E-state index is -1.20. The lowest BCUT2D eigenvalue weighted by molar-refractivity contribution is -0.142. The van der Waals surface area contributed by atoms with Crippen LogP contribution in [0.1, 0.15) is 68.9 Å². The number of carbonyl (C=O) groups is 4. The summed E-state index contributed by atoms with van der Waals surface area (Å²) >= 11 is 0. The van der Waals surface area contributed by atoms with Gasteiger partial charge in [-0.25, -0.2) is 9.59 Å². The van der Waals surface area contributed by atoms with Crippen LogP contribution in [-0.2, 0) is 27.2 Å². The Labute approximate surface area is 241 Å². The Kier molecular flexibility index (Phi) is 13.0. The van der Waals surface area contributed by atoms with Crippen LogP contribution in [0.15, 0.2) is 54.6 Å². The van der Waals surface area contributed by atoms with E-state index in [9.17, 15) is 29.4 Å². The van der Waals surface area contributed by atoms with E-state index in [4.69, 9.17) is 0 Å².